The van der Waals surface area contributed by atoms with E-state index in [-0.39, 0.29) is 24.2 Å². The fourth-order valence-electron chi connectivity index (χ4n) is 2.39. The molecule has 0 aliphatic carbocycles. The first kappa shape index (κ1) is 14.1. The van der Waals surface area contributed by atoms with Crippen molar-refractivity contribution in [2.75, 3.05) is 13.1 Å². The average molecular weight is 266 g/mol. The highest BCUT2D eigenvalue weighted by Gasteiger charge is 2.28. The Bertz CT molecular complexity index is 395. The van der Waals surface area contributed by atoms with Crippen molar-refractivity contribution < 1.29 is 13.9 Å². The van der Waals surface area contributed by atoms with E-state index < -0.39 is 0 Å². The Hall–Kier alpha value is -1.33. The molecule has 1 saturated heterocycles. The van der Waals surface area contributed by atoms with Gasteiger partial charge in [-0.25, -0.2) is 0 Å². The van der Waals surface area contributed by atoms with E-state index in [2.05, 4.69) is 5.32 Å². The molecular formula is C14H22N2O3. The van der Waals surface area contributed by atoms with Crippen LogP contribution in [0.15, 0.2) is 22.8 Å². The highest BCUT2D eigenvalue weighted by Crippen LogP contribution is 2.12. The van der Waals surface area contributed by atoms with Crippen LogP contribution in [0.1, 0.15) is 26.5 Å². The molecule has 0 radical (unpaired) electrons. The predicted octanol–water partition coefficient (Wildman–Crippen LogP) is 1.39. The smallest absolute Gasteiger partial charge is 0.239 e. The maximum Gasteiger partial charge on any atom is 0.239 e. The Kier molecular flexibility index (Phi) is 4.61. The summed E-state index contributed by atoms with van der Waals surface area (Å²) in [5.41, 5.74) is 0. The van der Waals surface area contributed by atoms with Crippen molar-refractivity contribution in [3.63, 3.8) is 0 Å². The second-order valence-corrected chi connectivity index (χ2v) is 5.18. The number of rotatable bonds is 4. The molecule has 1 amide bonds. The van der Waals surface area contributed by atoms with Crippen LogP contribution in [0.25, 0.3) is 0 Å². The molecule has 3 unspecified atom stereocenters. The molecule has 0 aromatic carbocycles. The molecule has 5 nitrogen and oxygen atoms in total. The molecule has 1 aliphatic heterocycles. The SMILES string of the molecule is CC1CN(C(=O)C(C)NCc2ccco2)CC(C)O1. The zero-order valence-electron chi connectivity index (χ0n) is 11.8. The first-order valence-corrected chi connectivity index (χ1v) is 6.76. The first-order valence-electron chi connectivity index (χ1n) is 6.76. The van der Waals surface area contributed by atoms with Crippen LogP contribution in [0.2, 0.25) is 0 Å². The van der Waals surface area contributed by atoms with Crippen LogP contribution in [0.5, 0.6) is 0 Å². The third kappa shape index (κ3) is 3.81. The van der Waals surface area contributed by atoms with Crippen molar-refractivity contribution in [1.82, 2.24) is 10.2 Å². The minimum Gasteiger partial charge on any atom is -0.468 e. The highest BCUT2D eigenvalue weighted by molar-refractivity contribution is 5.81. The Balaban J connectivity index is 1.84. The first-order chi connectivity index (χ1) is 9.06. The van der Waals surface area contributed by atoms with Crippen molar-refractivity contribution in [2.24, 2.45) is 0 Å². The van der Waals surface area contributed by atoms with Crippen LogP contribution in [-0.2, 0) is 16.1 Å². The van der Waals surface area contributed by atoms with Crippen LogP contribution in [0.4, 0.5) is 0 Å². The van der Waals surface area contributed by atoms with Crippen LogP contribution in [-0.4, -0.2) is 42.1 Å². The van der Waals surface area contributed by atoms with Gasteiger partial charge in [-0.2, -0.15) is 0 Å². The molecular weight excluding hydrogens is 244 g/mol. The third-order valence-corrected chi connectivity index (χ3v) is 3.26. The van der Waals surface area contributed by atoms with Gasteiger partial charge in [0.25, 0.3) is 0 Å². The number of hydrogen-bond donors (Lipinski definition) is 1. The van der Waals surface area contributed by atoms with Crippen LogP contribution < -0.4 is 5.32 Å². The molecule has 2 rings (SSSR count). The van der Waals surface area contributed by atoms with E-state index in [0.717, 1.165) is 5.76 Å². The van der Waals surface area contributed by atoms with E-state index >= 15 is 0 Å². The van der Waals surface area contributed by atoms with E-state index in [1.807, 2.05) is 37.8 Å². The van der Waals surface area contributed by atoms with Gasteiger partial charge < -0.3 is 14.1 Å². The van der Waals surface area contributed by atoms with Gasteiger partial charge in [0, 0.05) is 13.1 Å². The average Bonchev–Trinajstić information content (AvgIpc) is 2.87. The summed E-state index contributed by atoms with van der Waals surface area (Å²) in [6, 6.07) is 3.51. The molecule has 0 saturated carbocycles. The topological polar surface area (TPSA) is 54.7 Å². The molecule has 0 spiro atoms. The molecule has 0 bridgehead atoms. The summed E-state index contributed by atoms with van der Waals surface area (Å²) in [4.78, 5) is 14.2. The zero-order chi connectivity index (χ0) is 13.8. The molecule has 3 atom stereocenters. The quantitative estimate of drug-likeness (QED) is 0.895. The second-order valence-electron chi connectivity index (χ2n) is 5.18. The van der Waals surface area contributed by atoms with Crippen molar-refractivity contribution in [3.8, 4) is 0 Å². The summed E-state index contributed by atoms with van der Waals surface area (Å²) < 4.78 is 10.9. The standard InChI is InChI=1S/C14H22N2O3/c1-10-8-16(9-11(2)19-10)14(17)12(3)15-7-13-5-4-6-18-13/h4-6,10-12,15H,7-9H2,1-3H3. The maximum absolute atomic E-state index is 12.3. The van der Waals surface area contributed by atoms with E-state index in [1.54, 1.807) is 6.26 Å². The molecule has 1 fully saturated rings. The lowest BCUT2D eigenvalue weighted by Crippen LogP contribution is -2.53. The summed E-state index contributed by atoms with van der Waals surface area (Å²) in [5.74, 6) is 0.955. The number of carbonyl (C=O) groups is 1. The molecule has 106 valence electrons. The van der Waals surface area contributed by atoms with Crippen LogP contribution in [0, 0.1) is 0 Å². The monoisotopic (exact) mass is 266 g/mol. The summed E-state index contributed by atoms with van der Waals surface area (Å²) in [6.07, 6.45) is 1.84. The van der Waals surface area contributed by atoms with Gasteiger partial charge in [0.1, 0.15) is 5.76 Å². The van der Waals surface area contributed by atoms with E-state index in [1.165, 1.54) is 0 Å². The van der Waals surface area contributed by atoms with Gasteiger partial charge in [0.2, 0.25) is 5.91 Å². The minimum atomic E-state index is -0.220. The van der Waals surface area contributed by atoms with Gasteiger partial charge in [-0.1, -0.05) is 0 Å². The van der Waals surface area contributed by atoms with E-state index in [9.17, 15) is 4.79 Å². The maximum atomic E-state index is 12.3. The summed E-state index contributed by atoms with van der Waals surface area (Å²) >= 11 is 0. The van der Waals surface area contributed by atoms with Gasteiger partial charge in [-0.3, -0.25) is 10.1 Å². The molecule has 2 heterocycles. The molecule has 1 aliphatic rings. The summed E-state index contributed by atoms with van der Waals surface area (Å²) in [5, 5.41) is 3.19. The van der Waals surface area contributed by atoms with Crippen molar-refractivity contribution >= 4 is 5.91 Å². The Labute approximate surface area is 113 Å². The lowest BCUT2D eigenvalue weighted by molar-refractivity contribution is -0.145. The fraction of sp³-hybridized carbons (Fsp3) is 0.643. The van der Waals surface area contributed by atoms with Crippen molar-refractivity contribution in [2.45, 2.75) is 45.6 Å². The summed E-state index contributed by atoms with van der Waals surface area (Å²) in [7, 11) is 0. The van der Waals surface area contributed by atoms with Gasteiger partial charge in [0.05, 0.1) is 31.1 Å². The highest BCUT2D eigenvalue weighted by atomic mass is 16.5. The Morgan fingerprint density at radius 3 is 2.74 bits per heavy atom. The number of morpholine rings is 1. The number of nitrogens with one attached hydrogen (secondary N) is 1. The summed E-state index contributed by atoms with van der Waals surface area (Å²) in [6.45, 7) is 7.77. The number of hydrogen-bond acceptors (Lipinski definition) is 4. The largest absolute Gasteiger partial charge is 0.468 e. The molecule has 5 heteroatoms. The van der Waals surface area contributed by atoms with Crippen molar-refractivity contribution in [1.29, 1.82) is 0 Å². The lowest BCUT2D eigenvalue weighted by Gasteiger charge is -2.36. The van der Waals surface area contributed by atoms with Gasteiger partial charge in [-0.05, 0) is 32.9 Å². The van der Waals surface area contributed by atoms with Crippen LogP contribution in [0.3, 0.4) is 0 Å². The second kappa shape index (κ2) is 6.21. The molecule has 1 aromatic heterocycles. The number of nitrogens with zero attached hydrogens (tertiary/aromatic N) is 1. The Morgan fingerprint density at radius 2 is 2.16 bits per heavy atom. The van der Waals surface area contributed by atoms with Gasteiger partial charge in [0.15, 0.2) is 0 Å². The van der Waals surface area contributed by atoms with E-state index in [0.29, 0.717) is 19.6 Å². The van der Waals surface area contributed by atoms with Crippen LogP contribution >= 0.6 is 0 Å². The number of carbonyl (C=O) groups excluding carboxylic acids is 1. The minimum absolute atomic E-state index is 0.102. The van der Waals surface area contributed by atoms with Gasteiger partial charge in [-0.15, -0.1) is 0 Å². The molecule has 1 aromatic rings. The Morgan fingerprint density at radius 1 is 1.47 bits per heavy atom. The lowest BCUT2D eigenvalue weighted by atomic mass is 10.2. The molecule has 19 heavy (non-hydrogen) atoms. The van der Waals surface area contributed by atoms with E-state index in [4.69, 9.17) is 9.15 Å². The zero-order valence-corrected chi connectivity index (χ0v) is 11.8. The van der Waals surface area contributed by atoms with Gasteiger partial charge >= 0.3 is 0 Å². The fourth-order valence-corrected chi connectivity index (χ4v) is 2.39. The number of ether oxygens (including phenoxy) is 1. The number of amides is 1. The number of furan rings is 1. The third-order valence-electron chi connectivity index (χ3n) is 3.26. The van der Waals surface area contributed by atoms with Crippen molar-refractivity contribution in [3.05, 3.63) is 24.2 Å². The predicted molar refractivity (Wildman–Crippen MR) is 71.6 cm³/mol. The molecule has 1 N–H and O–H groups in total. The normalized spacial score (nSPS) is 25.3.